The predicted octanol–water partition coefficient (Wildman–Crippen LogP) is 0.615. The van der Waals surface area contributed by atoms with E-state index in [2.05, 4.69) is 5.32 Å². The van der Waals surface area contributed by atoms with Crippen LogP contribution in [-0.2, 0) is 9.59 Å². The number of hydrogen-bond acceptors (Lipinski definition) is 2. The summed E-state index contributed by atoms with van der Waals surface area (Å²) in [5, 5.41) is 2.50. The molecule has 1 rings (SSSR count). The molecule has 1 aliphatic heterocycles. The quantitative estimate of drug-likeness (QED) is 0.600. The van der Waals surface area contributed by atoms with Gasteiger partial charge in [0.1, 0.15) is 0 Å². The van der Waals surface area contributed by atoms with Crippen molar-refractivity contribution in [1.29, 1.82) is 0 Å². The van der Waals surface area contributed by atoms with Crippen molar-refractivity contribution in [2.75, 3.05) is 0 Å². The van der Waals surface area contributed by atoms with Gasteiger partial charge in [-0.05, 0) is 12.5 Å². The van der Waals surface area contributed by atoms with E-state index in [1.807, 2.05) is 6.92 Å². The molecule has 0 aliphatic carbocycles. The third-order valence-corrected chi connectivity index (χ3v) is 1.82. The third-order valence-electron chi connectivity index (χ3n) is 1.82. The fourth-order valence-electron chi connectivity index (χ4n) is 1.08. The van der Waals surface area contributed by atoms with Gasteiger partial charge in [0.25, 0.3) is 0 Å². The molecule has 11 heavy (non-hydrogen) atoms. The highest BCUT2D eigenvalue weighted by molar-refractivity contribution is 5.96. The molecule has 3 heteroatoms. The molecule has 0 radical (unpaired) electrons. The van der Waals surface area contributed by atoms with Crippen LogP contribution >= 0.6 is 0 Å². The standard InChI is InChI=1S/C8H11NO2/c1-2-6-5-8(11)9-4-3-7(6)10/h3-4,6H,2,5H2,1H3,(H,9,11). The molecule has 0 saturated carbocycles. The lowest BCUT2D eigenvalue weighted by molar-refractivity contribution is -0.125. The smallest absolute Gasteiger partial charge is 0.224 e. The Morgan fingerprint density at radius 2 is 2.36 bits per heavy atom. The zero-order chi connectivity index (χ0) is 8.27. The van der Waals surface area contributed by atoms with E-state index in [4.69, 9.17) is 0 Å². The van der Waals surface area contributed by atoms with Gasteiger partial charge in [0.15, 0.2) is 5.78 Å². The van der Waals surface area contributed by atoms with Crippen LogP contribution in [0.2, 0.25) is 0 Å². The van der Waals surface area contributed by atoms with Gasteiger partial charge in [-0.1, -0.05) is 6.92 Å². The SMILES string of the molecule is CCC1CC(=O)NC=CC1=O. The summed E-state index contributed by atoms with van der Waals surface area (Å²) in [6.07, 6.45) is 3.90. The maximum atomic E-state index is 11.1. The Kier molecular flexibility index (Phi) is 2.41. The first-order chi connectivity index (χ1) is 5.24. The Morgan fingerprint density at radius 1 is 1.64 bits per heavy atom. The highest BCUT2D eigenvalue weighted by atomic mass is 16.2. The first-order valence-corrected chi connectivity index (χ1v) is 3.73. The average molecular weight is 153 g/mol. The van der Waals surface area contributed by atoms with Gasteiger partial charge >= 0.3 is 0 Å². The molecule has 3 nitrogen and oxygen atoms in total. The molecule has 1 aliphatic rings. The van der Waals surface area contributed by atoms with E-state index in [1.54, 1.807) is 0 Å². The third kappa shape index (κ3) is 1.90. The second-order valence-corrected chi connectivity index (χ2v) is 2.61. The van der Waals surface area contributed by atoms with Gasteiger partial charge in [0, 0.05) is 18.5 Å². The van der Waals surface area contributed by atoms with Crippen LogP contribution in [0.15, 0.2) is 12.3 Å². The van der Waals surface area contributed by atoms with Crippen molar-refractivity contribution < 1.29 is 9.59 Å². The van der Waals surface area contributed by atoms with Crippen molar-refractivity contribution in [2.24, 2.45) is 5.92 Å². The summed E-state index contributed by atoms with van der Waals surface area (Å²) in [5.41, 5.74) is 0. The van der Waals surface area contributed by atoms with Crippen LogP contribution < -0.4 is 5.32 Å². The van der Waals surface area contributed by atoms with Crippen molar-refractivity contribution in [3.05, 3.63) is 12.3 Å². The van der Waals surface area contributed by atoms with Crippen molar-refractivity contribution in [3.63, 3.8) is 0 Å². The summed E-state index contributed by atoms with van der Waals surface area (Å²) in [5.74, 6) is -0.140. The van der Waals surface area contributed by atoms with Crippen LogP contribution in [0.25, 0.3) is 0 Å². The largest absolute Gasteiger partial charge is 0.333 e. The lowest BCUT2D eigenvalue weighted by Gasteiger charge is -2.05. The number of ketones is 1. The first-order valence-electron chi connectivity index (χ1n) is 3.73. The van der Waals surface area contributed by atoms with Crippen molar-refractivity contribution in [1.82, 2.24) is 5.32 Å². The Morgan fingerprint density at radius 3 is 3.00 bits per heavy atom. The summed E-state index contributed by atoms with van der Waals surface area (Å²) >= 11 is 0. The van der Waals surface area contributed by atoms with E-state index in [0.29, 0.717) is 6.42 Å². The molecule has 0 aromatic heterocycles. The number of hydrogen-bond donors (Lipinski definition) is 1. The van der Waals surface area contributed by atoms with E-state index < -0.39 is 0 Å². The molecule has 1 N–H and O–H groups in total. The van der Waals surface area contributed by atoms with Crippen LogP contribution in [0.5, 0.6) is 0 Å². The predicted molar refractivity (Wildman–Crippen MR) is 40.7 cm³/mol. The number of nitrogens with one attached hydrogen (secondary N) is 1. The number of carbonyl (C=O) groups excluding carboxylic acids is 2. The molecule has 0 spiro atoms. The minimum Gasteiger partial charge on any atom is -0.333 e. The van der Waals surface area contributed by atoms with Crippen molar-refractivity contribution >= 4 is 11.7 Å². The molecule has 60 valence electrons. The molecular formula is C8H11NO2. The number of carbonyl (C=O) groups is 2. The summed E-state index contributed by atoms with van der Waals surface area (Å²) in [7, 11) is 0. The van der Waals surface area contributed by atoms with Crippen molar-refractivity contribution in [3.8, 4) is 0 Å². The van der Waals surface area contributed by atoms with Gasteiger partial charge in [0.2, 0.25) is 5.91 Å². The van der Waals surface area contributed by atoms with Gasteiger partial charge in [-0.15, -0.1) is 0 Å². The highest BCUT2D eigenvalue weighted by Gasteiger charge is 2.19. The normalized spacial score (nSPS) is 24.6. The molecule has 0 aromatic rings. The van der Waals surface area contributed by atoms with Gasteiger partial charge < -0.3 is 5.32 Å². The molecule has 1 heterocycles. The number of amides is 1. The minimum absolute atomic E-state index is 0.0471. The Labute approximate surface area is 65.5 Å². The fraction of sp³-hybridized carbons (Fsp3) is 0.500. The summed E-state index contributed by atoms with van der Waals surface area (Å²) < 4.78 is 0. The van der Waals surface area contributed by atoms with Gasteiger partial charge in [0.05, 0.1) is 0 Å². The summed E-state index contributed by atoms with van der Waals surface area (Å²) in [6.45, 7) is 1.91. The van der Waals surface area contributed by atoms with Crippen LogP contribution in [-0.4, -0.2) is 11.7 Å². The molecule has 1 amide bonds. The lowest BCUT2D eigenvalue weighted by Crippen LogP contribution is -2.19. The number of rotatable bonds is 1. The Hall–Kier alpha value is -1.12. The lowest BCUT2D eigenvalue weighted by atomic mass is 9.98. The summed E-state index contributed by atoms with van der Waals surface area (Å²) in [6, 6.07) is 0. The molecule has 1 atom stereocenters. The zero-order valence-electron chi connectivity index (χ0n) is 6.46. The van der Waals surface area contributed by atoms with E-state index >= 15 is 0 Å². The van der Waals surface area contributed by atoms with Gasteiger partial charge in [-0.25, -0.2) is 0 Å². The van der Waals surface area contributed by atoms with Crippen molar-refractivity contribution in [2.45, 2.75) is 19.8 Å². The number of allylic oxidation sites excluding steroid dienone is 1. The van der Waals surface area contributed by atoms with Gasteiger partial charge in [-0.3, -0.25) is 9.59 Å². The second-order valence-electron chi connectivity index (χ2n) is 2.61. The van der Waals surface area contributed by atoms with Crippen LogP contribution in [0.4, 0.5) is 0 Å². The molecule has 0 fully saturated rings. The summed E-state index contributed by atoms with van der Waals surface area (Å²) in [4.78, 5) is 22.0. The van der Waals surface area contributed by atoms with Crippen LogP contribution in [0.1, 0.15) is 19.8 Å². The Balaban J connectivity index is 2.70. The van der Waals surface area contributed by atoms with Gasteiger partial charge in [-0.2, -0.15) is 0 Å². The first kappa shape index (κ1) is 7.98. The van der Waals surface area contributed by atoms with E-state index in [0.717, 1.165) is 6.42 Å². The van der Waals surface area contributed by atoms with Crippen LogP contribution in [0, 0.1) is 5.92 Å². The molecule has 1 unspecified atom stereocenters. The van der Waals surface area contributed by atoms with E-state index in [-0.39, 0.29) is 17.6 Å². The molecule has 0 aromatic carbocycles. The highest BCUT2D eigenvalue weighted by Crippen LogP contribution is 2.11. The molecular weight excluding hydrogens is 142 g/mol. The monoisotopic (exact) mass is 153 g/mol. The topological polar surface area (TPSA) is 46.2 Å². The zero-order valence-corrected chi connectivity index (χ0v) is 6.46. The molecule has 0 saturated heterocycles. The second kappa shape index (κ2) is 3.32. The minimum atomic E-state index is -0.117. The van der Waals surface area contributed by atoms with E-state index in [1.165, 1.54) is 12.3 Å². The molecule has 0 bridgehead atoms. The Bertz CT molecular complexity index is 208. The fourth-order valence-corrected chi connectivity index (χ4v) is 1.08. The van der Waals surface area contributed by atoms with E-state index in [9.17, 15) is 9.59 Å². The maximum Gasteiger partial charge on any atom is 0.224 e. The average Bonchev–Trinajstić information content (AvgIpc) is 2.13. The van der Waals surface area contributed by atoms with Crippen LogP contribution in [0.3, 0.4) is 0 Å². The maximum absolute atomic E-state index is 11.1.